The van der Waals surface area contributed by atoms with Crippen molar-refractivity contribution in [2.75, 3.05) is 25.5 Å². The van der Waals surface area contributed by atoms with Gasteiger partial charge in [0, 0.05) is 25.4 Å². The molecule has 2 aromatic carbocycles. The Labute approximate surface area is 212 Å². The van der Waals surface area contributed by atoms with Crippen molar-refractivity contribution in [3.05, 3.63) is 76.4 Å². The Morgan fingerprint density at radius 2 is 1.83 bits per heavy atom. The molecule has 1 aromatic heterocycles. The van der Waals surface area contributed by atoms with E-state index in [1.54, 1.807) is 17.0 Å². The summed E-state index contributed by atoms with van der Waals surface area (Å²) in [5, 5.41) is 6.87. The lowest BCUT2D eigenvalue weighted by Gasteiger charge is -2.32. The number of halogens is 3. The van der Waals surface area contributed by atoms with Gasteiger partial charge in [-0.15, -0.1) is 0 Å². The highest BCUT2D eigenvalue weighted by atomic mass is 35.5. The summed E-state index contributed by atoms with van der Waals surface area (Å²) in [6.07, 6.45) is 2.34. The maximum Gasteiger partial charge on any atom is 0.257 e. The molecule has 0 unspecified atom stereocenters. The number of anilines is 2. The maximum atomic E-state index is 14.6. The van der Waals surface area contributed by atoms with Gasteiger partial charge in [0.1, 0.15) is 22.4 Å². The van der Waals surface area contributed by atoms with Gasteiger partial charge in [-0.1, -0.05) is 23.7 Å². The number of primary sulfonamides is 1. The van der Waals surface area contributed by atoms with E-state index in [0.29, 0.717) is 25.9 Å². The largest absolute Gasteiger partial charge is 0.497 e. The van der Waals surface area contributed by atoms with Crippen LogP contribution in [-0.4, -0.2) is 44.4 Å². The van der Waals surface area contributed by atoms with Crippen LogP contribution in [0.3, 0.4) is 0 Å². The van der Waals surface area contributed by atoms with Crippen molar-refractivity contribution in [3.63, 3.8) is 0 Å². The molecule has 2 heterocycles. The summed E-state index contributed by atoms with van der Waals surface area (Å²) in [4.78, 5) is 18.8. The molecule has 1 aliphatic heterocycles. The first-order chi connectivity index (χ1) is 17.1. The van der Waals surface area contributed by atoms with Crippen molar-refractivity contribution >= 4 is 38.9 Å². The quantitative estimate of drug-likeness (QED) is 0.481. The molecule has 0 bridgehead atoms. The highest BCUT2D eigenvalue weighted by Gasteiger charge is 2.29. The molecule has 8 nitrogen and oxygen atoms in total. The number of nitrogens with zero attached hydrogens (tertiary/aromatic N) is 2. The number of nitrogens with two attached hydrogens (primary N) is 1. The lowest BCUT2D eigenvalue weighted by molar-refractivity contribution is 0.0713. The number of hydrogen-bond acceptors (Lipinski definition) is 6. The van der Waals surface area contributed by atoms with Gasteiger partial charge in [0.15, 0.2) is 5.03 Å². The first-order valence-corrected chi connectivity index (χ1v) is 12.9. The lowest BCUT2D eigenvalue weighted by atomic mass is 9.89. The summed E-state index contributed by atoms with van der Waals surface area (Å²) in [7, 11) is -2.94. The average Bonchev–Trinajstić information content (AvgIpc) is 2.85. The number of ether oxygens (including phenoxy) is 1. The Kier molecular flexibility index (Phi) is 7.43. The number of aromatic nitrogens is 1. The number of piperidine rings is 1. The van der Waals surface area contributed by atoms with Crippen LogP contribution in [0.1, 0.15) is 34.7 Å². The Hall–Kier alpha value is -3.28. The average molecular weight is 537 g/mol. The van der Waals surface area contributed by atoms with Crippen molar-refractivity contribution in [3.8, 4) is 5.75 Å². The number of methoxy groups -OCH3 is 1. The van der Waals surface area contributed by atoms with E-state index < -0.39 is 31.8 Å². The van der Waals surface area contributed by atoms with Crippen LogP contribution in [0.4, 0.5) is 20.2 Å². The van der Waals surface area contributed by atoms with Crippen molar-refractivity contribution in [2.24, 2.45) is 5.14 Å². The molecule has 36 heavy (non-hydrogen) atoms. The number of carbonyl (C=O) groups excluding carboxylic acids is 1. The number of likely N-dealkylation sites (tertiary alicyclic amines) is 1. The number of nitrogens with one attached hydrogen (secondary N) is 1. The van der Waals surface area contributed by atoms with Crippen molar-refractivity contribution in [2.45, 2.75) is 23.8 Å². The highest BCUT2D eigenvalue weighted by molar-refractivity contribution is 7.89. The van der Waals surface area contributed by atoms with Crippen LogP contribution >= 0.6 is 11.6 Å². The minimum Gasteiger partial charge on any atom is -0.497 e. The van der Waals surface area contributed by atoms with Gasteiger partial charge in [0.05, 0.1) is 24.0 Å². The fraction of sp³-hybridized carbons (Fsp3) is 0.250. The van der Waals surface area contributed by atoms with E-state index in [9.17, 15) is 22.0 Å². The van der Waals surface area contributed by atoms with Gasteiger partial charge in [-0.3, -0.25) is 4.79 Å². The molecule has 0 aliphatic carbocycles. The zero-order chi connectivity index (χ0) is 26.0. The Bertz CT molecular complexity index is 1400. The second-order valence-corrected chi connectivity index (χ2v) is 10.2. The third-order valence-corrected chi connectivity index (χ3v) is 7.38. The normalized spacial score (nSPS) is 14.5. The predicted molar refractivity (Wildman–Crippen MR) is 131 cm³/mol. The zero-order valence-corrected chi connectivity index (χ0v) is 20.7. The van der Waals surface area contributed by atoms with E-state index in [2.05, 4.69) is 10.3 Å². The number of rotatable bonds is 6. The van der Waals surface area contributed by atoms with Crippen LogP contribution in [0.2, 0.25) is 5.02 Å². The van der Waals surface area contributed by atoms with Crippen LogP contribution in [0.5, 0.6) is 5.75 Å². The van der Waals surface area contributed by atoms with Crippen LogP contribution in [-0.2, 0) is 10.0 Å². The second-order valence-electron chi connectivity index (χ2n) is 8.30. The Morgan fingerprint density at radius 1 is 1.17 bits per heavy atom. The van der Waals surface area contributed by atoms with Gasteiger partial charge >= 0.3 is 0 Å². The van der Waals surface area contributed by atoms with E-state index >= 15 is 0 Å². The molecule has 1 amide bonds. The smallest absolute Gasteiger partial charge is 0.257 e. The Morgan fingerprint density at radius 3 is 2.42 bits per heavy atom. The second kappa shape index (κ2) is 10.4. The monoisotopic (exact) mass is 536 g/mol. The van der Waals surface area contributed by atoms with Gasteiger partial charge in [0.25, 0.3) is 15.9 Å². The van der Waals surface area contributed by atoms with Gasteiger partial charge in [0.2, 0.25) is 0 Å². The van der Waals surface area contributed by atoms with E-state index in [0.717, 1.165) is 17.8 Å². The summed E-state index contributed by atoms with van der Waals surface area (Å²) in [5.41, 5.74) is 0.754. The van der Waals surface area contributed by atoms with Crippen LogP contribution in [0, 0.1) is 11.6 Å². The van der Waals surface area contributed by atoms with Gasteiger partial charge in [-0.25, -0.2) is 27.3 Å². The van der Waals surface area contributed by atoms with Gasteiger partial charge in [-0.2, -0.15) is 0 Å². The molecule has 1 aliphatic rings. The van der Waals surface area contributed by atoms with Crippen molar-refractivity contribution < 1.29 is 26.7 Å². The van der Waals surface area contributed by atoms with E-state index in [1.807, 2.05) is 0 Å². The molecule has 190 valence electrons. The minimum atomic E-state index is -4.33. The fourth-order valence-electron chi connectivity index (χ4n) is 4.13. The van der Waals surface area contributed by atoms with E-state index in [1.165, 1.54) is 31.4 Å². The topological polar surface area (TPSA) is 115 Å². The summed E-state index contributed by atoms with van der Waals surface area (Å²) in [6, 6.07) is 10.3. The summed E-state index contributed by atoms with van der Waals surface area (Å²) < 4.78 is 56.8. The molecular weight excluding hydrogens is 514 g/mol. The third-order valence-electron chi connectivity index (χ3n) is 6.05. The SMILES string of the molecule is COc1ccc(Nc2c(C(=O)N3CCC(c4ccc(F)cc4)CC3)cnc(S(N)(=O)=O)c2Cl)c(F)c1. The number of carbonyl (C=O) groups is 1. The molecule has 4 rings (SSSR count). The molecule has 1 fully saturated rings. The molecule has 1 saturated heterocycles. The maximum absolute atomic E-state index is 14.6. The van der Waals surface area contributed by atoms with E-state index in [-0.39, 0.29) is 34.4 Å². The highest BCUT2D eigenvalue weighted by Crippen LogP contribution is 2.36. The number of sulfonamides is 1. The van der Waals surface area contributed by atoms with E-state index in [4.69, 9.17) is 21.5 Å². The Balaban J connectivity index is 1.63. The number of pyridine rings is 1. The van der Waals surface area contributed by atoms with Crippen LogP contribution in [0.25, 0.3) is 0 Å². The zero-order valence-electron chi connectivity index (χ0n) is 19.2. The third kappa shape index (κ3) is 5.43. The van der Waals surface area contributed by atoms with Crippen LogP contribution < -0.4 is 15.2 Å². The number of benzene rings is 2. The number of hydrogen-bond donors (Lipinski definition) is 2. The van der Waals surface area contributed by atoms with Gasteiger partial charge in [-0.05, 0) is 48.6 Å². The van der Waals surface area contributed by atoms with Crippen LogP contribution in [0.15, 0.2) is 53.7 Å². The molecule has 0 atom stereocenters. The minimum absolute atomic E-state index is 0.0390. The fourth-order valence-corrected chi connectivity index (χ4v) is 5.20. The lowest BCUT2D eigenvalue weighted by Crippen LogP contribution is -2.38. The molecule has 3 aromatic rings. The first kappa shape index (κ1) is 25.8. The number of amides is 1. The molecule has 12 heteroatoms. The molecule has 0 radical (unpaired) electrons. The molecular formula is C24H23ClF2N4O4S. The summed E-state index contributed by atoms with van der Waals surface area (Å²) >= 11 is 6.33. The van der Waals surface area contributed by atoms with Crippen molar-refractivity contribution in [1.29, 1.82) is 0 Å². The molecule has 0 spiro atoms. The summed E-state index contributed by atoms with van der Waals surface area (Å²) in [6.45, 7) is 0.789. The van der Waals surface area contributed by atoms with Crippen molar-refractivity contribution in [1.82, 2.24) is 9.88 Å². The summed E-state index contributed by atoms with van der Waals surface area (Å²) in [5.74, 6) is -1.05. The standard InChI is InChI=1S/C24H23ClF2N4O4S/c1-35-17-6-7-20(19(27)12-17)30-22-18(13-29-23(21(22)25)36(28,33)34)24(32)31-10-8-15(9-11-31)14-2-4-16(26)5-3-14/h2-7,12-13,15H,8-11H2,1H3,(H,29,30)(H2,28,33,34). The molecule has 0 saturated carbocycles. The molecule has 3 N–H and O–H groups in total. The first-order valence-electron chi connectivity index (χ1n) is 10.9. The van der Waals surface area contributed by atoms with Gasteiger partial charge < -0.3 is 15.0 Å². The predicted octanol–water partition coefficient (Wildman–Crippen LogP) is 4.43.